The minimum Gasteiger partial charge on any atom is -0.463 e. The number of fused-ring (bicyclic) bond motifs is 1. The summed E-state index contributed by atoms with van der Waals surface area (Å²) in [5.74, 6) is 0.522. The highest BCUT2D eigenvalue weighted by molar-refractivity contribution is 5.85. The largest absolute Gasteiger partial charge is 0.463 e. The fourth-order valence-corrected chi connectivity index (χ4v) is 2.38. The molecule has 4 heterocycles. The molecule has 0 atom stereocenters. The van der Waals surface area contributed by atoms with Crippen molar-refractivity contribution in [3.63, 3.8) is 0 Å². The maximum atomic E-state index is 10.9. The number of aromatic nitrogens is 6. The number of nitro groups is 1. The van der Waals surface area contributed by atoms with Crippen LogP contribution in [0.5, 0.6) is 0 Å². The Labute approximate surface area is 139 Å². The molecule has 0 saturated carbocycles. The lowest BCUT2D eigenvalue weighted by atomic mass is 10.3. The fourth-order valence-electron chi connectivity index (χ4n) is 2.38. The number of nitrogens with zero attached hydrogens (tertiary/aromatic N) is 7. The van der Waals surface area contributed by atoms with Crippen molar-refractivity contribution in [2.24, 2.45) is 0 Å². The van der Waals surface area contributed by atoms with Gasteiger partial charge in [0.25, 0.3) is 5.69 Å². The molecule has 11 heteroatoms. The fraction of sp³-hybridized carbons (Fsp3) is 0.0714. The van der Waals surface area contributed by atoms with E-state index in [1.807, 2.05) is 0 Å². The zero-order valence-electron chi connectivity index (χ0n) is 12.6. The van der Waals surface area contributed by atoms with E-state index in [9.17, 15) is 10.1 Å². The summed E-state index contributed by atoms with van der Waals surface area (Å²) in [6.45, 7) is 0.145. The molecule has 0 saturated heterocycles. The average Bonchev–Trinajstić information content (AvgIpc) is 3.25. The third kappa shape index (κ3) is 2.63. The molecular formula is C14H10N8O3. The van der Waals surface area contributed by atoms with Crippen LogP contribution in [0.15, 0.2) is 41.1 Å². The minimum absolute atomic E-state index is 0.0365. The van der Waals surface area contributed by atoms with E-state index in [-0.39, 0.29) is 18.2 Å². The van der Waals surface area contributed by atoms with E-state index in [0.29, 0.717) is 28.3 Å². The molecular weight excluding hydrogens is 328 g/mol. The number of rotatable bonds is 4. The Morgan fingerprint density at radius 2 is 2.20 bits per heavy atom. The molecule has 0 aliphatic carbocycles. The number of hydrogen-bond acceptors (Lipinski definition) is 9. The molecule has 0 amide bonds. The molecule has 25 heavy (non-hydrogen) atoms. The van der Waals surface area contributed by atoms with Crippen LogP contribution in [0.25, 0.3) is 22.6 Å². The first kappa shape index (κ1) is 14.7. The van der Waals surface area contributed by atoms with Gasteiger partial charge in [0.15, 0.2) is 16.9 Å². The molecule has 0 spiro atoms. The zero-order chi connectivity index (χ0) is 17.4. The Kier molecular flexibility index (Phi) is 3.31. The summed E-state index contributed by atoms with van der Waals surface area (Å²) in [6, 6.07) is 6.13. The summed E-state index contributed by atoms with van der Waals surface area (Å²) in [6.07, 6.45) is 2.88. The van der Waals surface area contributed by atoms with Crippen LogP contribution in [0.2, 0.25) is 0 Å². The molecule has 0 unspecified atom stereocenters. The second-order valence-corrected chi connectivity index (χ2v) is 5.09. The molecule has 0 aliphatic heterocycles. The van der Waals surface area contributed by atoms with E-state index < -0.39 is 4.92 Å². The van der Waals surface area contributed by atoms with Gasteiger partial charge in [0, 0.05) is 18.3 Å². The number of hydrogen-bond donors (Lipinski definition) is 1. The Bertz CT molecular complexity index is 1070. The molecule has 4 rings (SSSR count). The minimum atomic E-state index is -0.486. The van der Waals surface area contributed by atoms with Gasteiger partial charge in [0.05, 0.1) is 23.4 Å². The first-order valence-corrected chi connectivity index (χ1v) is 7.12. The SMILES string of the molecule is Nc1nc(-c2ccco2)c2nnn(Cc3cc([N+](=O)[O-])ccn3)c2n1. The average molecular weight is 338 g/mol. The van der Waals surface area contributed by atoms with Crippen LogP contribution in [-0.2, 0) is 6.54 Å². The third-order valence-electron chi connectivity index (χ3n) is 3.46. The van der Waals surface area contributed by atoms with Gasteiger partial charge in [0.1, 0.15) is 5.69 Å². The second-order valence-electron chi connectivity index (χ2n) is 5.09. The first-order valence-electron chi connectivity index (χ1n) is 7.12. The van der Waals surface area contributed by atoms with Crippen LogP contribution in [0.4, 0.5) is 11.6 Å². The molecule has 0 fully saturated rings. The zero-order valence-corrected chi connectivity index (χ0v) is 12.6. The molecule has 0 bridgehead atoms. The van der Waals surface area contributed by atoms with Gasteiger partial charge in [-0.05, 0) is 12.1 Å². The highest BCUT2D eigenvalue weighted by Gasteiger charge is 2.18. The van der Waals surface area contributed by atoms with Crippen LogP contribution < -0.4 is 5.73 Å². The van der Waals surface area contributed by atoms with Crippen LogP contribution in [-0.4, -0.2) is 34.9 Å². The predicted molar refractivity (Wildman–Crippen MR) is 85.2 cm³/mol. The molecule has 0 aliphatic rings. The highest BCUT2D eigenvalue weighted by Crippen LogP contribution is 2.25. The van der Waals surface area contributed by atoms with Crippen LogP contribution in [0.3, 0.4) is 0 Å². The summed E-state index contributed by atoms with van der Waals surface area (Å²) in [4.78, 5) is 22.8. The van der Waals surface area contributed by atoms with Crippen molar-refractivity contribution >= 4 is 22.8 Å². The van der Waals surface area contributed by atoms with Gasteiger partial charge >= 0.3 is 0 Å². The summed E-state index contributed by atoms with van der Waals surface area (Å²) in [5, 5.41) is 19.0. The van der Waals surface area contributed by atoms with Crippen molar-refractivity contribution in [3.8, 4) is 11.5 Å². The van der Waals surface area contributed by atoms with E-state index in [0.717, 1.165) is 0 Å². The molecule has 0 radical (unpaired) electrons. The lowest BCUT2D eigenvalue weighted by molar-refractivity contribution is -0.385. The van der Waals surface area contributed by atoms with Crippen LogP contribution >= 0.6 is 0 Å². The quantitative estimate of drug-likeness (QED) is 0.430. The van der Waals surface area contributed by atoms with E-state index >= 15 is 0 Å². The Morgan fingerprint density at radius 3 is 2.96 bits per heavy atom. The lowest BCUT2D eigenvalue weighted by Crippen LogP contribution is -2.06. The Hall–Kier alpha value is -3.89. The van der Waals surface area contributed by atoms with E-state index in [1.165, 1.54) is 29.3 Å². The summed E-state index contributed by atoms with van der Waals surface area (Å²) in [7, 11) is 0. The molecule has 0 aromatic carbocycles. The number of anilines is 1. The third-order valence-corrected chi connectivity index (χ3v) is 3.46. The monoisotopic (exact) mass is 338 g/mol. The van der Waals surface area contributed by atoms with Gasteiger partial charge in [0.2, 0.25) is 5.95 Å². The summed E-state index contributed by atoms with van der Waals surface area (Å²) >= 11 is 0. The van der Waals surface area contributed by atoms with Crippen molar-refractivity contribution in [1.29, 1.82) is 0 Å². The summed E-state index contributed by atoms with van der Waals surface area (Å²) < 4.78 is 6.79. The van der Waals surface area contributed by atoms with Gasteiger partial charge in [-0.25, -0.2) is 9.67 Å². The smallest absolute Gasteiger partial charge is 0.272 e. The van der Waals surface area contributed by atoms with Crippen molar-refractivity contribution in [2.45, 2.75) is 6.54 Å². The van der Waals surface area contributed by atoms with E-state index in [1.54, 1.807) is 12.1 Å². The van der Waals surface area contributed by atoms with Gasteiger partial charge in [-0.2, -0.15) is 4.98 Å². The van der Waals surface area contributed by atoms with Crippen molar-refractivity contribution < 1.29 is 9.34 Å². The first-order chi connectivity index (χ1) is 12.1. The molecule has 4 aromatic heterocycles. The normalized spacial score (nSPS) is 11.0. The number of furan rings is 1. The van der Waals surface area contributed by atoms with Gasteiger partial charge < -0.3 is 10.2 Å². The van der Waals surface area contributed by atoms with Crippen LogP contribution in [0, 0.1) is 10.1 Å². The van der Waals surface area contributed by atoms with E-state index in [2.05, 4.69) is 25.3 Å². The van der Waals surface area contributed by atoms with Crippen molar-refractivity contribution in [1.82, 2.24) is 29.9 Å². The molecule has 124 valence electrons. The number of pyridine rings is 1. The molecule has 11 nitrogen and oxygen atoms in total. The molecule has 4 aromatic rings. The van der Waals surface area contributed by atoms with Gasteiger partial charge in [-0.15, -0.1) is 5.10 Å². The lowest BCUT2D eigenvalue weighted by Gasteiger charge is -2.03. The Morgan fingerprint density at radius 1 is 1.32 bits per heavy atom. The van der Waals surface area contributed by atoms with Crippen molar-refractivity contribution in [2.75, 3.05) is 5.73 Å². The Balaban J connectivity index is 1.79. The van der Waals surface area contributed by atoms with Gasteiger partial charge in [-0.1, -0.05) is 5.21 Å². The summed E-state index contributed by atoms with van der Waals surface area (Å²) in [5.41, 5.74) is 7.38. The molecule has 2 N–H and O–H groups in total. The van der Waals surface area contributed by atoms with Gasteiger partial charge in [-0.3, -0.25) is 15.1 Å². The maximum Gasteiger partial charge on any atom is 0.272 e. The van der Waals surface area contributed by atoms with Crippen molar-refractivity contribution in [3.05, 3.63) is 52.5 Å². The van der Waals surface area contributed by atoms with Crippen LogP contribution in [0.1, 0.15) is 5.69 Å². The van der Waals surface area contributed by atoms with E-state index in [4.69, 9.17) is 10.2 Å². The topological polar surface area (TPSA) is 152 Å². The number of nitrogen functional groups attached to an aromatic ring is 1. The standard InChI is InChI=1S/C14H10N8O3/c15-14-17-11(10-2-1-5-25-10)12-13(18-14)21(20-19-12)7-8-6-9(22(23)24)3-4-16-8/h1-6H,7H2,(H2,15,17,18). The highest BCUT2D eigenvalue weighted by atomic mass is 16.6. The number of nitrogens with two attached hydrogens (primary N) is 1. The maximum absolute atomic E-state index is 10.9. The predicted octanol–water partition coefficient (Wildman–Crippen LogP) is 1.41. The second kappa shape index (κ2) is 5.63.